The predicted molar refractivity (Wildman–Crippen MR) is 93.5 cm³/mol. The Morgan fingerprint density at radius 2 is 2.04 bits per heavy atom. The number of carbonyl (C=O) groups is 2. The Balaban J connectivity index is 2.16. The van der Waals surface area contributed by atoms with E-state index in [0.29, 0.717) is 10.8 Å². The topological polar surface area (TPSA) is 73.2 Å². The number of hydrogen-bond acceptors (Lipinski definition) is 5. The van der Waals surface area contributed by atoms with Crippen LogP contribution in [-0.4, -0.2) is 40.3 Å². The number of benzene rings is 1. The molecule has 0 saturated heterocycles. The van der Waals surface area contributed by atoms with E-state index in [1.165, 1.54) is 30.1 Å². The molecule has 1 aromatic carbocycles. The van der Waals surface area contributed by atoms with E-state index in [1.807, 2.05) is 20.1 Å². The Bertz CT molecular complexity index is 746. The van der Waals surface area contributed by atoms with Crippen LogP contribution in [0, 0.1) is 5.82 Å². The van der Waals surface area contributed by atoms with Gasteiger partial charge < -0.3 is 10.1 Å². The second-order valence-electron chi connectivity index (χ2n) is 5.39. The molecule has 0 radical (unpaired) electrons. The van der Waals surface area contributed by atoms with Crippen LogP contribution < -0.4 is 5.32 Å². The van der Waals surface area contributed by atoms with Crippen molar-refractivity contribution in [3.8, 4) is 5.69 Å². The maximum Gasteiger partial charge on any atom is 0.357 e. The standard InChI is InChI=1S/C17H20FN3O3S/c1-4-11(2)20-15(22)10-24-16(23)14-9-19-17(25-3)21(14)13-7-5-12(18)6-8-13/h5-9,11H,4,10H2,1-3H3,(H,20,22). The van der Waals surface area contributed by atoms with Gasteiger partial charge in [0.25, 0.3) is 5.91 Å². The lowest BCUT2D eigenvalue weighted by Gasteiger charge is -2.13. The molecular weight excluding hydrogens is 345 g/mol. The van der Waals surface area contributed by atoms with Crippen molar-refractivity contribution in [1.82, 2.24) is 14.9 Å². The van der Waals surface area contributed by atoms with Crippen LogP contribution in [-0.2, 0) is 9.53 Å². The first-order valence-corrected chi connectivity index (χ1v) is 9.02. The van der Waals surface area contributed by atoms with Crippen molar-refractivity contribution in [3.05, 3.63) is 42.0 Å². The van der Waals surface area contributed by atoms with Gasteiger partial charge in [-0.05, 0) is 43.9 Å². The summed E-state index contributed by atoms with van der Waals surface area (Å²) in [5, 5.41) is 3.28. The number of carbonyl (C=O) groups excluding carboxylic acids is 2. The molecule has 134 valence electrons. The van der Waals surface area contributed by atoms with Crippen LogP contribution in [0.15, 0.2) is 35.6 Å². The van der Waals surface area contributed by atoms with Crippen LogP contribution in [0.2, 0.25) is 0 Å². The number of esters is 1. The van der Waals surface area contributed by atoms with Crippen LogP contribution in [0.25, 0.3) is 5.69 Å². The Kier molecular flexibility index (Phi) is 6.58. The number of ether oxygens (including phenoxy) is 1. The molecule has 2 aromatic rings. The van der Waals surface area contributed by atoms with E-state index >= 15 is 0 Å². The average molecular weight is 365 g/mol. The minimum Gasteiger partial charge on any atom is -0.451 e. The number of thioether (sulfide) groups is 1. The molecule has 0 aliphatic heterocycles. The van der Waals surface area contributed by atoms with Gasteiger partial charge in [-0.1, -0.05) is 18.7 Å². The molecule has 25 heavy (non-hydrogen) atoms. The number of aromatic nitrogens is 2. The Morgan fingerprint density at radius 1 is 1.36 bits per heavy atom. The number of rotatable bonds is 7. The fourth-order valence-electron chi connectivity index (χ4n) is 2.09. The summed E-state index contributed by atoms with van der Waals surface area (Å²) in [7, 11) is 0. The molecular formula is C17H20FN3O3S. The molecule has 6 nitrogen and oxygen atoms in total. The van der Waals surface area contributed by atoms with Crippen molar-refractivity contribution in [3.63, 3.8) is 0 Å². The molecule has 0 aliphatic rings. The monoisotopic (exact) mass is 365 g/mol. The molecule has 0 fully saturated rings. The molecule has 0 aliphatic carbocycles. The van der Waals surface area contributed by atoms with E-state index in [-0.39, 0.29) is 30.1 Å². The summed E-state index contributed by atoms with van der Waals surface area (Å²) in [6, 6.07) is 5.70. The van der Waals surface area contributed by atoms with Gasteiger partial charge >= 0.3 is 5.97 Å². The van der Waals surface area contributed by atoms with Crippen LogP contribution in [0.5, 0.6) is 0 Å². The zero-order valence-electron chi connectivity index (χ0n) is 14.3. The lowest BCUT2D eigenvalue weighted by molar-refractivity contribution is -0.124. The first-order valence-electron chi connectivity index (χ1n) is 7.80. The van der Waals surface area contributed by atoms with E-state index < -0.39 is 5.97 Å². The molecule has 1 amide bonds. The highest BCUT2D eigenvalue weighted by Crippen LogP contribution is 2.22. The number of nitrogens with zero attached hydrogens (tertiary/aromatic N) is 2. The second kappa shape index (κ2) is 8.66. The van der Waals surface area contributed by atoms with Gasteiger partial charge in [0.1, 0.15) is 5.82 Å². The SMILES string of the molecule is CCC(C)NC(=O)COC(=O)c1cnc(SC)n1-c1ccc(F)cc1. The summed E-state index contributed by atoms with van der Waals surface area (Å²) in [5.74, 6) is -1.41. The zero-order chi connectivity index (χ0) is 18.4. The second-order valence-corrected chi connectivity index (χ2v) is 6.17. The van der Waals surface area contributed by atoms with Crippen LogP contribution in [0.4, 0.5) is 4.39 Å². The van der Waals surface area contributed by atoms with E-state index in [1.54, 1.807) is 16.7 Å². The molecule has 0 saturated carbocycles. The van der Waals surface area contributed by atoms with E-state index in [2.05, 4.69) is 10.3 Å². The minimum atomic E-state index is -0.670. The highest BCUT2D eigenvalue weighted by Gasteiger charge is 2.20. The van der Waals surface area contributed by atoms with E-state index in [9.17, 15) is 14.0 Å². The number of halogens is 1. The molecule has 0 bridgehead atoms. The van der Waals surface area contributed by atoms with Gasteiger partial charge in [-0.25, -0.2) is 14.2 Å². The Labute approximate surface area is 149 Å². The Hall–Kier alpha value is -2.35. The lowest BCUT2D eigenvalue weighted by Crippen LogP contribution is -2.35. The van der Waals surface area contributed by atoms with Crippen molar-refractivity contribution in [2.24, 2.45) is 0 Å². The minimum absolute atomic E-state index is 0.0130. The first-order chi connectivity index (χ1) is 12.0. The number of nitrogens with one attached hydrogen (secondary N) is 1. The summed E-state index contributed by atoms with van der Waals surface area (Å²) in [6.45, 7) is 3.45. The fourth-order valence-corrected chi connectivity index (χ4v) is 2.63. The van der Waals surface area contributed by atoms with Crippen LogP contribution >= 0.6 is 11.8 Å². The van der Waals surface area contributed by atoms with Gasteiger partial charge in [-0.2, -0.15) is 0 Å². The average Bonchev–Trinajstić information content (AvgIpc) is 3.04. The summed E-state index contributed by atoms with van der Waals surface area (Å²) >= 11 is 1.34. The normalized spacial score (nSPS) is 11.8. The zero-order valence-corrected chi connectivity index (χ0v) is 15.1. The van der Waals surface area contributed by atoms with Gasteiger partial charge in [-0.15, -0.1) is 0 Å². The largest absolute Gasteiger partial charge is 0.451 e. The predicted octanol–water partition coefficient (Wildman–Crippen LogP) is 2.80. The third-order valence-corrected chi connectivity index (χ3v) is 4.21. The quantitative estimate of drug-likeness (QED) is 0.603. The molecule has 1 atom stereocenters. The number of amides is 1. The number of hydrogen-bond donors (Lipinski definition) is 1. The van der Waals surface area contributed by atoms with Gasteiger partial charge in [0.15, 0.2) is 17.5 Å². The summed E-state index contributed by atoms with van der Waals surface area (Å²) in [5.41, 5.74) is 0.756. The molecule has 1 aromatic heterocycles. The van der Waals surface area contributed by atoms with Gasteiger partial charge in [0.2, 0.25) is 0 Å². The van der Waals surface area contributed by atoms with Gasteiger partial charge in [-0.3, -0.25) is 9.36 Å². The molecule has 1 heterocycles. The van der Waals surface area contributed by atoms with Crippen molar-refractivity contribution in [2.75, 3.05) is 12.9 Å². The van der Waals surface area contributed by atoms with E-state index in [0.717, 1.165) is 6.42 Å². The molecule has 1 N–H and O–H groups in total. The van der Waals surface area contributed by atoms with Crippen LogP contribution in [0.3, 0.4) is 0 Å². The van der Waals surface area contributed by atoms with Gasteiger partial charge in [0, 0.05) is 11.7 Å². The Morgan fingerprint density at radius 3 is 2.64 bits per heavy atom. The highest BCUT2D eigenvalue weighted by molar-refractivity contribution is 7.98. The smallest absolute Gasteiger partial charge is 0.357 e. The van der Waals surface area contributed by atoms with Crippen molar-refractivity contribution in [2.45, 2.75) is 31.5 Å². The third-order valence-electron chi connectivity index (χ3n) is 3.56. The third kappa shape index (κ3) is 4.82. The lowest BCUT2D eigenvalue weighted by atomic mass is 10.2. The summed E-state index contributed by atoms with van der Waals surface area (Å²) in [6.07, 6.45) is 3.98. The van der Waals surface area contributed by atoms with Gasteiger partial charge in [0.05, 0.1) is 6.20 Å². The van der Waals surface area contributed by atoms with E-state index in [4.69, 9.17) is 4.74 Å². The highest BCUT2D eigenvalue weighted by atomic mass is 32.2. The van der Waals surface area contributed by atoms with Crippen molar-refractivity contribution in [1.29, 1.82) is 0 Å². The first kappa shape index (κ1) is 19.0. The maximum absolute atomic E-state index is 13.1. The molecule has 8 heteroatoms. The summed E-state index contributed by atoms with van der Waals surface area (Å²) in [4.78, 5) is 28.3. The van der Waals surface area contributed by atoms with Crippen LogP contribution in [0.1, 0.15) is 30.8 Å². The maximum atomic E-state index is 13.1. The van der Waals surface area contributed by atoms with Crippen molar-refractivity contribution >= 4 is 23.6 Å². The number of imidazole rings is 1. The molecule has 0 spiro atoms. The molecule has 2 rings (SSSR count). The fraction of sp³-hybridized carbons (Fsp3) is 0.353. The molecule has 1 unspecified atom stereocenters. The summed E-state index contributed by atoms with van der Waals surface area (Å²) < 4.78 is 19.8. The van der Waals surface area contributed by atoms with Crippen molar-refractivity contribution < 1.29 is 18.7 Å².